The number of methoxy groups -OCH3 is 2. The van der Waals surface area contributed by atoms with Gasteiger partial charge in [0.1, 0.15) is 5.75 Å². The van der Waals surface area contributed by atoms with E-state index < -0.39 is 0 Å². The monoisotopic (exact) mass is 411 g/mol. The molecule has 3 rings (SSSR count). The minimum Gasteiger partial charge on any atom is -0.497 e. The Hall–Kier alpha value is -2.90. The molecule has 0 aliphatic heterocycles. The smallest absolute Gasteiger partial charge is 0.253 e. The first-order chi connectivity index (χ1) is 14.1. The first kappa shape index (κ1) is 20.8. The van der Waals surface area contributed by atoms with Crippen LogP contribution in [0.4, 0.5) is 0 Å². The van der Waals surface area contributed by atoms with Gasteiger partial charge in [-0.05, 0) is 41.4 Å². The molecule has 7 heteroatoms. The molecule has 0 amide bonds. The van der Waals surface area contributed by atoms with Gasteiger partial charge >= 0.3 is 0 Å². The van der Waals surface area contributed by atoms with Gasteiger partial charge in [0, 0.05) is 31.8 Å². The zero-order valence-electron chi connectivity index (χ0n) is 16.6. The van der Waals surface area contributed by atoms with Gasteiger partial charge in [-0.1, -0.05) is 30.3 Å². The third kappa shape index (κ3) is 5.56. The highest BCUT2D eigenvalue weighted by Gasteiger charge is 2.14. The molecule has 0 saturated heterocycles. The molecule has 0 aliphatic rings. The third-order valence-corrected chi connectivity index (χ3v) is 4.98. The molecular formula is C22H25N3O3S. The van der Waals surface area contributed by atoms with Crippen molar-refractivity contribution in [2.24, 2.45) is 0 Å². The lowest BCUT2D eigenvalue weighted by molar-refractivity contribution is 0.202. The van der Waals surface area contributed by atoms with Crippen molar-refractivity contribution in [1.29, 1.82) is 0 Å². The van der Waals surface area contributed by atoms with E-state index in [0.717, 1.165) is 16.5 Å². The van der Waals surface area contributed by atoms with Crippen LogP contribution in [0.15, 0.2) is 59.4 Å². The molecule has 0 radical (unpaired) electrons. The third-order valence-electron chi connectivity index (χ3n) is 4.58. The van der Waals surface area contributed by atoms with Crippen LogP contribution in [-0.2, 0) is 17.8 Å². The van der Waals surface area contributed by atoms with E-state index >= 15 is 0 Å². The summed E-state index contributed by atoms with van der Waals surface area (Å²) in [5.74, 6) is 0.704. The first-order valence-electron chi connectivity index (χ1n) is 9.36. The molecule has 0 bridgehead atoms. The van der Waals surface area contributed by atoms with E-state index in [1.807, 2.05) is 59.5 Å². The predicted molar refractivity (Wildman–Crippen MR) is 119 cm³/mol. The fraction of sp³-hybridized carbons (Fsp3) is 0.273. The van der Waals surface area contributed by atoms with Crippen molar-refractivity contribution in [2.45, 2.75) is 13.1 Å². The molecule has 0 unspecified atom stereocenters. The summed E-state index contributed by atoms with van der Waals surface area (Å²) < 4.78 is 10.3. The average molecular weight is 412 g/mol. The quantitative estimate of drug-likeness (QED) is 0.439. The SMILES string of the molecule is COCCNC(=S)N(Cc1ccccc1)Cc1cc2ccc(OC)cc2[nH]c1=O. The largest absolute Gasteiger partial charge is 0.497 e. The van der Waals surface area contributed by atoms with E-state index in [1.165, 1.54) is 0 Å². The van der Waals surface area contributed by atoms with E-state index in [-0.39, 0.29) is 5.56 Å². The lowest BCUT2D eigenvalue weighted by Gasteiger charge is -2.26. The first-order valence-corrected chi connectivity index (χ1v) is 9.77. The van der Waals surface area contributed by atoms with E-state index in [1.54, 1.807) is 14.2 Å². The maximum absolute atomic E-state index is 12.7. The molecule has 0 spiro atoms. The number of nitrogens with one attached hydrogen (secondary N) is 2. The highest BCUT2D eigenvalue weighted by Crippen LogP contribution is 2.19. The molecule has 152 valence electrons. The molecule has 0 atom stereocenters. The predicted octanol–water partition coefficient (Wildman–Crippen LogP) is 3.06. The lowest BCUT2D eigenvalue weighted by Crippen LogP contribution is -2.41. The standard InChI is InChI=1S/C22H25N3O3S/c1-27-11-10-23-22(29)25(14-16-6-4-3-5-7-16)15-18-12-17-8-9-19(28-2)13-20(17)24-21(18)26/h3-9,12-13H,10-11,14-15H2,1-2H3,(H,23,29)(H,24,26). The van der Waals surface area contributed by atoms with Crippen molar-refractivity contribution >= 4 is 28.2 Å². The number of aromatic nitrogens is 1. The zero-order valence-corrected chi connectivity index (χ0v) is 17.4. The maximum Gasteiger partial charge on any atom is 0.253 e. The lowest BCUT2D eigenvalue weighted by atomic mass is 10.1. The van der Waals surface area contributed by atoms with E-state index in [2.05, 4.69) is 10.3 Å². The molecule has 1 heterocycles. The summed E-state index contributed by atoms with van der Waals surface area (Å²) >= 11 is 5.59. The number of aromatic amines is 1. The van der Waals surface area contributed by atoms with Gasteiger partial charge in [0.15, 0.2) is 5.11 Å². The number of hydrogen-bond acceptors (Lipinski definition) is 4. The summed E-state index contributed by atoms with van der Waals surface area (Å²) in [6.45, 7) is 2.15. The van der Waals surface area contributed by atoms with Crippen molar-refractivity contribution < 1.29 is 9.47 Å². The minimum absolute atomic E-state index is 0.136. The molecule has 0 aliphatic carbocycles. The summed E-state index contributed by atoms with van der Waals surface area (Å²) in [7, 11) is 3.25. The molecule has 1 aromatic heterocycles. The number of fused-ring (bicyclic) bond motifs is 1. The molecule has 0 saturated carbocycles. The second-order valence-corrected chi connectivity index (χ2v) is 7.03. The van der Waals surface area contributed by atoms with E-state index in [9.17, 15) is 4.79 Å². The normalized spacial score (nSPS) is 10.7. The van der Waals surface area contributed by atoms with Gasteiger partial charge in [0.2, 0.25) is 0 Å². The highest BCUT2D eigenvalue weighted by atomic mass is 32.1. The number of thiocarbonyl (C=S) groups is 1. The Morgan fingerprint density at radius 1 is 1.10 bits per heavy atom. The zero-order chi connectivity index (χ0) is 20.6. The Kier molecular flexibility index (Phi) is 7.21. The van der Waals surface area contributed by atoms with Gasteiger partial charge in [-0.3, -0.25) is 4.79 Å². The molecule has 6 nitrogen and oxygen atoms in total. The molecule has 29 heavy (non-hydrogen) atoms. The van der Waals surface area contributed by atoms with E-state index in [0.29, 0.717) is 42.7 Å². The summed E-state index contributed by atoms with van der Waals surface area (Å²) in [6.07, 6.45) is 0. The van der Waals surface area contributed by atoms with Crippen molar-refractivity contribution in [2.75, 3.05) is 27.4 Å². The van der Waals surface area contributed by atoms with E-state index in [4.69, 9.17) is 21.7 Å². The van der Waals surface area contributed by atoms with Crippen molar-refractivity contribution in [1.82, 2.24) is 15.2 Å². The number of pyridine rings is 1. The van der Waals surface area contributed by atoms with Crippen LogP contribution in [0.5, 0.6) is 5.75 Å². The number of H-pyrrole nitrogens is 1. The molecule has 2 N–H and O–H groups in total. The summed E-state index contributed by atoms with van der Waals surface area (Å²) in [6, 6.07) is 17.6. The fourth-order valence-electron chi connectivity index (χ4n) is 3.05. The van der Waals surface area contributed by atoms with Crippen LogP contribution < -0.4 is 15.6 Å². The van der Waals surface area contributed by atoms with Crippen LogP contribution in [0.25, 0.3) is 10.9 Å². The average Bonchev–Trinajstić information content (AvgIpc) is 2.74. The van der Waals surface area contributed by atoms with Gasteiger partial charge in [0.05, 0.1) is 25.8 Å². The van der Waals surface area contributed by atoms with Gasteiger partial charge in [-0.25, -0.2) is 0 Å². The highest BCUT2D eigenvalue weighted by molar-refractivity contribution is 7.80. The van der Waals surface area contributed by atoms with Crippen LogP contribution in [-0.4, -0.2) is 42.4 Å². The number of hydrogen-bond donors (Lipinski definition) is 2. The Balaban J connectivity index is 1.86. The maximum atomic E-state index is 12.7. The Morgan fingerprint density at radius 2 is 1.90 bits per heavy atom. The molecule has 0 fully saturated rings. The van der Waals surface area contributed by atoms with Crippen molar-refractivity contribution in [3.63, 3.8) is 0 Å². The second kappa shape index (κ2) is 10.0. The molecule has 2 aromatic carbocycles. The minimum atomic E-state index is -0.136. The van der Waals surface area contributed by atoms with Gasteiger partial charge < -0.3 is 24.7 Å². The Bertz CT molecular complexity index is 1020. The summed E-state index contributed by atoms with van der Waals surface area (Å²) in [5, 5.41) is 4.73. The summed E-state index contributed by atoms with van der Waals surface area (Å²) in [4.78, 5) is 17.6. The van der Waals surface area contributed by atoms with Gasteiger partial charge in [-0.15, -0.1) is 0 Å². The van der Waals surface area contributed by atoms with Crippen LogP contribution in [0, 0.1) is 0 Å². The fourth-order valence-corrected chi connectivity index (χ4v) is 3.28. The Labute approximate surface area is 175 Å². The number of rotatable bonds is 8. The number of ether oxygens (including phenoxy) is 2. The van der Waals surface area contributed by atoms with Crippen LogP contribution >= 0.6 is 12.2 Å². The van der Waals surface area contributed by atoms with Crippen molar-refractivity contribution in [3.05, 3.63) is 76.1 Å². The van der Waals surface area contributed by atoms with Crippen LogP contribution in [0.2, 0.25) is 0 Å². The number of nitrogens with zero attached hydrogens (tertiary/aromatic N) is 1. The summed E-state index contributed by atoms with van der Waals surface area (Å²) in [5.41, 5.74) is 2.37. The second-order valence-electron chi connectivity index (χ2n) is 6.64. The Morgan fingerprint density at radius 3 is 2.62 bits per heavy atom. The van der Waals surface area contributed by atoms with Gasteiger partial charge in [-0.2, -0.15) is 0 Å². The molecular weight excluding hydrogens is 386 g/mol. The van der Waals surface area contributed by atoms with Gasteiger partial charge in [0.25, 0.3) is 5.56 Å². The topological polar surface area (TPSA) is 66.6 Å². The van der Waals surface area contributed by atoms with Crippen molar-refractivity contribution in [3.8, 4) is 5.75 Å². The molecule has 3 aromatic rings. The van der Waals surface area contributed by atoms with Crippen LogP contribution in [0.1, 0.15) is 11.1 Å². The van der Waals surface area contributed by atoms with Crippen LogP contribution in [0.3, 0.4) is 0 Å². The number of benzene rings is 2.